The zero-order chi connectivity index (χ0) is 35.9. The lowest BCUT2D eigenvalue weighted by atomic mass is 9.60. The van der Waals surface area contributed by atoms with Crippen LogP contribution in [0.15, 0.2) is 66.8 Å². The van der Waals surface area contributed by atoms with E-state index >= 15 is 0 Å². The highest BCUT2D eigenvalue weighted by molar-refractivity contribution is 5.94. The summed E-state index contributed by atoms with van der Waals surface area (Å²) in [7, 11) is 0. The van der Waals surface area contributed by atoms with Crippen molar-refractivity contribution in [1.29, 1.82) is 0 Å². The number of rotatable bonds is 8. The molecule has 2 saturated carbocycles. The third-order valence-corrected chi connectivity index (χ3v) is 12.5. The monoisotopic (exact) mass is 667 g/mol. The van der Waals surface area contributed by atoms with E-state index in [0.717, 1.165) is 42.4 Å². The van der Waals surface area contributed by atoms with Crippen LogP contribution in [-0.4, -0.2) is 0 Å². The van der Waals surface area contributed by atoms with E-state index in [0.29, 0.717) is 11.3 Å². The van der Waals surface area contributed by atoms with Crippen LogP contribution in [0.5, 0.6) is 0 Å². The van der Waals surface area contributed by atoms with E-state index in [1.807, 2.05) is 0 Å². The molecule has 2 unspecified atom stereocenters. The molecule has 266 valence electrons. The van der Waals surface area contributed by atoms with Crippen LogP contribution < -0.4 is 0 Å². The predicted octanol–water partition coefficient (Wildman–Crippen LogP) is 14.6. The summed E-state index contributed by atoms with van der Waals surface area (Å²) >= 11 is 0. The van der Waals surface area contributed by atoms with Gasteiger partial charge in [0.1, 0.15) is 0 Å². The number of allylic oxidation sites excluding steroid dienone is 4. The molecule has 0 heterocycles. The SMILES string of the molecule is C=C(C)Cc1c(C)cc2c(c1-c1ccc(C)cc1)CC(c1ccc3c(c1)C(C1CCC(C4CC(C(C)CC)C4)CC1)=CC3C)=C2.CC(C)(C)C. The molecule has 3 aromatic carbocycles. The topological polar surface area (TPSA) is 0 Å². The van der Waals surface area contributed by atoms with Gasteiger partial charge in [0.05, 0.1) is 0 Å². The number of fused-ring (bicyclic) bond motifs is 2. The van der Waals surface area contributed by atoms with Gasteiger partial charge in [-0.1, -0.05) is 127 Å². The highest BCUT2D eigenvalue weighted by Crippen LogP contribution is 2.52. The Labute approximate surface area is 306 Å². The normalized spacial score (nSPS) is 24.6. The quantitative estimate of drug-likeness (QED) is 0.210. The van der Waals surface area contributed by atoms with Crippen LogP contribution in [0, 0.1) is 48.9 Å². The fraction of sp³-hybridized carbons (Fsp3) is 0.520. The third kappa shape index (κ3) is 8.01. The Morgan fingerprint density at radius 2 is 1.52 bits per heavy atom. The van der Waals surface area contributed by atoms with Crippen molar-refractivity contribution in [2.45, 2.75) is 133 Å². The molecule has 4 aliphatic rings. The summed E-state index contributed by atoms with van der Waals surface area (Å²) in [5.41, 5.74) is 19.2. The molecular weight excluding hydrogens is 601 g/mol. The summed E-state index contributed by atoms with van der Waals surface area (Å²) in [6.07, 6.45) is 17.1. The lowest BCUT2D eigenvalue weighted by Crippen LogP contribution is -2.35. The Morgan fingerprint density at radius 3 is 2.14 bits per heavy atom. The van der Waals surface area contributed by atoms with Gasteiger partial charge in [0, 0.05) is 5.92 Å². The summed E-state index contributed by atoms with van der Waals surface area (Å²) in [5.74, 6) is 5.19. The molecule has 0 heteroatoms. The Kier molecular flexibility index (Phi) is 10.9. The van der Waals surface area contributed by atoms with Gasteiger partial charge in [-0.15, -0.1) is 0 Å². The molecule has 0 spiro atoms. The van der Waals surface area contributed by atoms with E-state index in [1.165, 1.54) is 101 Å². The first-order valence-electron chi connectivity index (χ1n) is 20.1. The molecule has 7 rings (SSSR count). The molecule has 0 bridgehead atoms. The maximum Gasteiger partial charge on any atom is 0.000174 e. The molecule has 0 nitrogen and oxygen atoms in total. The first-order chi connectivity index (χ1) is 23.7. The van der Waals surface area contributed by atoms with Gasteiger partial charge in [0.25, 0.3) is 0 Å². The lowest BCUT2D eigenvalue weighted by molar-refractivity contribution is 0.0585. The highest BCUT2D eigenvalue weighted by Gasteiger charge is 2.39. The molecule has 0 saturated heterocycles. The second kappa shape index (κ2) is 14.9. The minimum absolute atomic E-state index is 0.500. The van der Waals surface area contributed by atoms with E-state index in [-0.39, 0.29) is 0 Å². The van der Waals surface area contributed by atoms with Gasteiger partial charge in [-0.2, -0.15) is 0 Å². The van der Waals surface area contributed by atoms with Crippen LogP contribution in [-0.2, 0) is 12.8 Å². The molecular formula is C50H66. The summed E-state index contributed by atoms with van der Waals surface area (Å²) < 4.78 is 0. The van der Waals surface area contributed by atoms with Crippen molar-refractivity contribution in [2.75, 3.05) is 0 Å². The zero-order valence-electron chi connectivity index (χ0n) is 33.3. The molecule has 3 aromatic rings. The van der Waals surface area contributed by atoms with Crippen molar-refractivity contribution in [3.8, 4) is 11.1 Å². The standard InChI is InChI=1S/C45H54.C5H12/c1-8-29(5)36-22-37(23-36)32-13-15-33(16-14-32)42-21-31(7)40-18-17-35(25-44(40)42)38-24-39-20-30(6)41(19-27(2)3)45(43(39)26-38)34-11-9-28(4)10-12-34;1-5(2,3)4/h9-12,17-18,20-21,24-25,29,31-33,36-37H,2,8,13-16,19,22-23,26H2,1,3-7H3;1-4H3. The van der Waals surface area contributed by atoms with Crippen molar-refractivity contribution < 1.29 is 0 Å². The van der Waals surface area contributed by atoms with E-state index in [4.69, 9.17) is 0 Å². The second-order valence-corrected chi connectivity index (χ2v) is 18.7. The van der Waals surface area contributed by atoms with Crippen molar-refractivity contribution >= 4 is 17.2 Å². The maximum absolute atomic E-state index is 4.30. The van der Waals surface area contributed by atoms with Crippen molar-refractivity contribution in [2.24, 2.45) is 35.0 Å². The third-order valence-electron chi connectivity index (χ3n) is 12.5. The summed E-state index contributed by atoms with van der Waals surface area (Å²) in [4.78, 5) is 0. The van der Waals surface area contributed by atoms with Gasteiger partial charge >= 0.3 is 0 Å². The molecule has 50 heavy (non-hydrogen) atoms. The maximum atomic E-state index is 4.30. The molecule has 2 atom stereocenters. The van der Waals surface area contributed by atoms with Crippen LogP contribution in [0.25, 0.3) is 28.3 Å². The van der Waals surface area contributed by atoms with Crippen LogP contribution >= 0.6 is 0 Å². The van der Waals surface area contributed by atoms with Crippen molar-refractivity contribution in [3.05, 3.63) is 111 Å². The van der Waals surface area contributed by atoms with Gasteiger partial charge in [-0.05, 0) is 174 Å². The Bertz CT molecular complexity index is 1750. The van der Waals surface area contributed by atoms with Gasteiger partial charge in [0.2, 0.25) is 0 Å². The average Bonchev–Trinajstić information content (AvgIpc) is 3.61. The van der Waals surface area contributed by atoms with E-state index in [2.05, 4.69) is 136 Å². The van der Waals surface area contributed by atoms with Gasteiger partial charge in [-0.3, -0.25) is 0 Å². The van der Waals surface area contributed by atoms with Crippen molar-refractivity contribution in [1.82, 2.24) is 0 Å². The molecule has 2 fully saturated rings. The van der Waals surface area contributed by atoms with Crippen molar-refractivity contribution in [3.63, 3.8) is 0 Å². The first kappa shape index (κ1) is 36.7. The van der Waals surface area contributed by atoms with Crippen LogP contribution in [0.4, 0.5) is 0 Å². The minimum atomic E-state index is 0.500. The number of hydrogen-bond donors (Lipinski definition) is 0. The fourth-order valence-corrected chi connectivity index (χ4v) is 9.46. The Balaban J connectivity index is 0.000000808. The molecule has 4 aliphatic carbocycles. The Morgan fingerprint density at radius 1 is 0.880 bits per heavy atom. The lowest BCUT2D eigenvalue weighted by Gasteiger charge is -2.45. The van der Waals surface area contributed by atoms with E-state index in [9.17, 15) is 0 Å². The molecule has 0 N–H and O–H groups in total. The summed E-state index contributed by atoms with van der Waals surface area (Å²) in [5, 5.41) is 0. The highest BCUT2D eigenvalue weighted by atomic mass is 14.4. The number of hydrogen-bond acceptors (Lipinski definition) is 0. The number of benzene rings is 3. The van der Waals surface area contributed by atoms with Crippen LogP contribution in [0.3, 0.4) is 0 Å². The van der Waals surface area contributed by atoms with Gasteiger partial charge < -0.3 is 0 Å². The van der Waals surface area contributed by atoms with Crippen LogP contribution in [0.1, 0.15) is 151 Å². The molecule has 0 radical (unpaired) electrons. The van der Waals surface area contributed by atoms with Crippen LogP contribution in [0.2, 0.25) is 0 Å². The average molecular weight is 667 g/mol. The molecule has 0 aromatic heterocycles. The molecule has 0 amide bonds. The van der Waals surface area contributed by atoms with E-state index in [1.54, 1.807) is 16.7 Å². The summed E-state index contributed by atoms with van der Waals surface area (Å²) in [6.45, 7) is 26.9. The predicted molar refractivity (Wildman–Crippen MR) is 221 cm³/mol. The number of aryl methyl sites for hydroxylation is 2. The Hall–Kier alpha value is -3.12. The second-order valence-electron chi connectivity index (χ2n) is 18.7. The zero-order valence-corrected chi connectivity index (χ0v) is 33.3. The fourth-order valence-electron chi connectivity index (χ4n) is 9.46. The molecule has 0 aliphatic heterocycles. The summed E-state index contributed by atoms with van der Waals surface area (Å²) in [6, 6.07) is 19.0. The smallest absolute Gasteiger partial charge is 0.000174 e. The minimum Gasteiger partial charge on any atom is -0.0998 e. The van der Waals surface area contributed by atoms with Gasteiger partial charge in [-0.25, -0.2) is 0 Å². The first-order valence-corrected chi connectivity index (χ1v) is 20.1. The van der Waals surface area contributed by atoms with Gasteiger partial charge in [0.15, 0.2) is 0 Å². The largest absolute Gasteiger partial charge is 0.0998 e. The van der Waals surface area contributed by atoms with E-state index < -0.39 is 0 Å².